The van der Waals surface area contributed by atoms with Gasteiger partial charge in [-0.05, 0) is 42.5 Å². The molecule has 0 atom stereocenters. The van der Waals surface area contributed by atoms with E-state index in [2.05, 4.69) is 30.5 Å². The molecule has 0 saturated heterocycles. The number of aromatic nitrogens is 3. The Labute approximate surface area is 160 Å². The Morgan fingerprint density at radius 3 is 2.39 bits per heavy atom. The van der Waals surface area contributed by atoms with E-state index in [1.54, 1.807) is 30.5 Å². The molecule has 0 aliphatic heterocycles. The molecular formula is C17H16F2N6O2S. The second kappa shape index (κ2) is 8.67. The molecule has 0 saturated carbocycles. The van der Waals surface area contributed by atoms with Crippen LogP contribution < -0.4 is 15.4 Å². The van der Waals surface area contributed by atoms with Gasteiger partial charge in [-0.15, -0.1) is 10.2 Å². The van der Waals surface area contributed by atoms with Gasteiger partial charge in [0.1, 0.15) is 28.2 Å². The van der Waals surface area contributed by atoms with Crippen LogP contribution in [0.1, 0.15) is 0 Å². The van der Waals surface area contributed by atoms with Crippen LogP contribution in [-0.4, -0.2) is 36.7 Å². The Morgan fingerprint density at radius 2 is 1.68 bits per heavy atom. The van der Waals surface area contributed by atoms with Crippen LogP contribution in [-0.2, 0) is 10.0 Å². The third-order valence-electron chi connectivity index (χ3n) is 3.49. The molecule has 0 spiro atoms. The van der Waals surface area contributed by atoms with Crippen LogP contribution in [0.15, 0.2) is 59.6 Å². The summed E-state index contributed by atoms with van der Waals surface area (Å²) in [6.45, 7) is 0.103. The Bertz CT molecular complexity index is 1030. The average Bonchev–Trinajstić information content (AvgIpc) is 2.69. The zero-order valence-corrected chi connectivity index (χ0v) is 15.2. The minimum Gasteiger partial charge on any atom is -0.367 e. The summed E-state index contributed by atoms with van der Waals surface area (Å²) in [6.07, 6.45) is 1.64. The smallest absolute Gasteiger partial charge is 0.243 e. The van der Waals surface area contributed by atoms with Crippen molar-refractivity contribution in [3.63, 3.8) is 0 Å². The van der Waals surface area contributed by atoms with Gasteiger partial charge in [0.15, 0.2) is 5.82 Å². The second-order valence-electron chi connectivity index (χ2n) is 5.54. The summed E-state index contributed by atoms with van der Waals surface area (Å²) >= 11 is 0. The van der Waals surface area contributed by atoms with Crippen molar-refractivity contribution in [2.75, 3.05) is 23.7 Å². The second-order valence-corrected chi connectivity index (χ2v) is 7.28. The highest BCUT2D eigenvalue weighted by Gasteiger charge is 2.19. The Morgan fingerprint density at radius 1 is 0.893 bits per heavy atom. The van der Waals surface area contributed by atoms with Gasteiger partial charge in [-0.2, -0.15) is 0 Å². The van der Waals surface area contributed by atoms with Crippen molar-refractivity contribution in [2.24, 2.45) is 0 Å². The molecule has 0 bridgehead atoms. The van der Waals surface area contributed by atoms with Gasteiger partial charge >= 0.3 is 0 Å². The van der Waals surface area contributed by atoms with Crippen LogP contribution in [0.3, 0.4) is 0 Å². The number of pyridine rings is 1. The van der Waals surface area contributed by atoms with Crippen molar-refractivity contribution in [3.05, 3.63) is 66.4 Å². The molecule has 0 aliphatic carbocycles. The summed E-state index contributed by atoms with van der Waals surface area (Å²) in [5.74, 6) is -0.330. The maximum Gasteiger partial charge on any atom is 0.243 e. The fourth-order valence-corrected chi connectivity index (χ4v) is 3.32. The summed E-state index contributed by atoms with van der Waals surface area (Å²) in [5, 5.41) is 13.8. The minimum absolute atomic E-state index is 0.0616. The van der Waals surface area contributed by atoms with Gasteiger partial charge in [-0.1, -0.05) is 6.07 Å². The molecule has 0 radical (unpaired) electrons. The van der Waals surface area contributed by atoms with E-state index in [1.807, 2.05) is 6.07 Å². The van der Waals surface area contributed by atoms with Gasteiger partial charge in [0.05, 0.1) is 0 Å². The molecule has 11 heteroatoms. The predicted octanol–water partition coefficient (Wildman–Crippen LogP) is 2.28. The fourth-order valence-electron chi connectivity index (χ4n) is 2.20. The SMILES string of the molecule is O=S(=O)(NCCNc1ccc(Nc2ccccn2)nn1)c1cc(F)ccc1F. The number of rotatable bonds is 8. The van der Waals surface area contributed by atoms with E-state index in [1.165, 1.54) is 0 Å². The molecule has 0 fully saturated rings. The van der Waals surface area contributed by atoms with Crippen molar-refractivity contribution in [2.45, 2.75) is 4.90 Å². The molecular weight excluding hydrogens is 390 g/mol. The first kappa shape index (κ1) is 19.6. The zero-order chi connectivity index (χ0) is 20.0. The van der Waals surface area contributed by atoms with Crippen LogP contribution in [0.5, 0.6) is 0 Å². The molecule has 0 amide bonds. The molecule has 0 aliphatic rings. The maximum atomic E-state index is 13.6. The highest BCUT2D eigenvalue weighted by Crippen LogP contribution is 2.15. The van der Waals surface area contributed by atoms with E-state index in [-0.39, 0.29) is 13.1 Å². The molecule has 0 unspecified atom stereocenters. The Balaban J connectivity index is 1.50. The van der Waals surface area contributed by atoms with Crippen LogP contribution in [0.2, 0.25) is 0 Å². The lowest BCUT2D eigenvalue weighted by Crippen LogP contribution is -2.29. The zero-order valence-electron chi connectivity index (χ0n) is 14.4. The largest absolute Gasteiger partial charge is 0.367 e. The maximum absolute atomic E-state index is 13.6. The Hall–Kier alpha value is -3.18. The summed E-state index contributed by atoms with van der Waals surface area (Å²) in [4.78, 5) is 3.37. The van der Waals surface area contributed by atoms with Gasteiger partial charge in [0.2, 0.25) is 10.0 Å². The molecule has 2 aromatic heterocycles. The molecule has 3 aromatic rings. The van der Waals surface area contributed by atoms with Crippen LogP contribution in [0.4, 0.5) is 26.2 Å². The van der Waals surface area contributed by atoms with Crippen LogP contribution in [0, 0.1) is 11.6 Å². The predicted molar refractivity (Wildman–Crippen MR) is 99.6 cm³/mol. The van der Waals surface area contributed by atoms with E-state index in [9.17, 15) is 17.2 Å². The third-order valence-corrected chi connectivity index (χ3v) is 4.97. The van der Waals surface area contributed by atoms with E-state index in [4.69, 9.17) is 0 Å². The molecule has 1 aromatic carbocycles. The summed E-state index contributed by atoms with van der Waals surface area (Å²) in [5.41, 5.74) is 0. The van der Waals surface area contributed by atoms with Crippen molar-refractivity contribution in [1.29, 1.82) is 0 Å². The third kappa shape index (κ3) is 5.18. The molecule has 28 heavy (non-hydrogen) atoms. The number of nitrogens with one attached hydrogen (secondary N) is 3. The number of hydrogen-bond donors (Lipinski definition) is 3. The highest BCUT2D eigenvalue weighted by molar-refractivity contribution is 7.89. The summed E-state index contributed by atoms with van der Waals surface area (Å²) in [6, 6.07) is 11.0. The number of sulfonamides is 1. The lowest BCUT2D eigenvalue weighted by molar-refractivity contribution is 0.546. The van der Waals surface area contributed by atoms with Gasteiger partial charge in [0, 0.05) is 19.3 Å². The number of nitrogens with zero attached hydrogens (tertiary/aromatic N) is 3. The van der Waals surface area contributed by atoms with Gasteiger partial charge in [0.25, 0.3) is 0 Å². The van der Waals surface area contributed by atoms with E-state index < -0.39 is 26.6 Å². The first-order valence-corrected chi connectivity index (χ1v) is 9.63. The quantitative estimate of drug-likeness (QED) is 0.493. The highest BCUT2D eigenvalue weighted by atomic mass is 32.2. The van der Waals surface area contributed by atoms with E-state index >= 15 is 0 Å². The number of halogens is 2. The molecule has 2 heterocycles. The lowest BCUT2D eigenvalue weighted by Gasteiger charge is -2.09. The van der Waals surface area contributed by atoms with Crippen LogP contribution in [0.25, 0.3) is 0 Å². The fraction of sp³-hybridized carbons (Fsp3) is 0.118. The van der Waals surface area contributed by atoms with Gasteiger partial charge < -0.3 is 10.6 Å². The monoisotopic (exact) mass is 406 g/mol. The number of hydrogen-bond acceptors (Lipinski definition) is 7. The topological polar surface area (TPSA) is 109 Å². The molecule has 146 valence electrons. The van der Waals surface area contributed by atoms with Crippen LogP contribution >= 0.6 is 0 Å². The number of benzene rings is 1. The van der Waals surface area contributed by atoms with Crippen molar-refractivity contribution >= 4 is 27.5 Å². The summed E-state index contributed by atoms with van der Waals surface area (Å²) in [7, 11) is -4.17. The lowest BCUT2D eigenvalue weighted by atomic mass is 10.3. The molecule has 3 rings (SSSR count). The van der Waals surface area contributed by atoms with E-state index in [0.29, 0.717) is 23.5 Å². The van der Waals surface area contributed by atoms with Gasteiger partial charge in [-0.3, -0.25) is 0 Å². The van der Waals surface area contributed by atoms with E-state index in [0.717, 1.165) is 12.1 Å². The molecule has 3 N–H and O–H groups in total. The first-order valence-electron chi connectivity index (χ1n) is 8.14. The summed E-state index contributed by atoms with van der Waals surface area (Å²) < 4.78 is 53.1. The Kier molecular flexibility index (Phi) is 6.06. The van der Waals surface area contributed by atoms with Crippen molar-refractivity contribution < 1.29 is 17.2 Å². The minimum atomic E-state index is -4.17. The number of anilines is 3. The molecule has 8 nitrogen and oxygen atoms in total. The normalized spacial score (nSPS) is 11.2. The standard InChI is InChI=1S/C17H16F2N6O2S/c18-12-4-5-13(19)14(11-12)28(26,27)22-10-9-21-16-6-7-17(25-24-16)23-15-3-1-2-8-20-15/h1-8,11,22H,9-10H2,(H,21,24)(H,20,23,25). The first-order chi connectivity index (χ1) is 13.4. The van der Waals surface area contributed by atoms with Crippen molar-refractivity contribution in [1.82, 2.24) is 19.9 Å². The van der Waals surface area contributed by atoms with Gasteiger partial charge in [-0.25, -0.2) is 26.9 Å². The van der Waals surface area contributed by atoms with Crippen molar-refractivity contribution in [3.8, 4) is 0 Å². The average molecular weight is 406 g/mol.